The van der Waals surface area contributed by atoms with E-state index in [1.165, 1.54) is 6.07 Å². The molecule has 1 heterocycles. The molecule has 0 spiro atoms. The fourth-order valence-electron chi connectivity index (χ4n) is 3.87. The first kappa shape index (κ1) is 27.9. The first-order chi connectivity index (χ1) is 13.9. The van der Waals surface area contributed by atoms with Gasteiger partial charge in [0.1, 0.15) is 5.82 Å². The van der Waals surface area contributed by atoms with Crippen molar-refractivity contribution in [2.24, 2.45) is 5.92 Å². The van der Waals surface area contributed by atoms with Gasteiger partial charge in [0.15, 0.2) is 5.78 Å². The van der Waals surface area contributed by atoms with Gasteiger partial charge in [-0.25, -0.2) is 4.39 Å². The van der Waals surface area contributed by atoms with Crippen LogP contribution in [0.3, 0.4) is 0 Å². The number of Topliss-reactive ketones (excluding diaryl/α,β-unsaturated/α-hetero) is 1. The Morgan fingerprint density at radius 1 is 1.29 bits per heavy atom. The number of benzene rings is 1. The maximum absolute atomic E-state index is 14.6. The van der Waals surface area contributed by atoms with Gasteiger partial charge in [-0.05, 0) is 37.4 Å². The molecule has 0 radical (unpaired) electrons. The van der Waals surface area contributed by atoms with Crippen LogP contribution < -0.4 is 0 Å². The van der Waals surface area contributed by atoms with Crippen molar-refractivity contribution in [3.63, 3.8) is 0 Å². The summed E-state index contributed by atoms with van der Waals surface area (Å²) >= 11 is 4.69. The Labute approximate surface area is 201 Å². The number of thiol groups is 1. The van der Waals surface area contributed by atoms with Gasteiger partial charge in [0.25, 0.3) is 0 Å². The Morgan fingerprint density at radius 2 is 1.97 bits per heavy atom. The number of halogens is 3. The molecule has 174 valence electrons. The van der Waals surface area contributed by atoms with Crippen LogP contribution >= 0.6 is 37.4 Å². The number of carboxylic acid groups (broad SMARTS) is 1. The van der Waals surface area contributed by atoms with Gasteiger partial charge in [-0.3, -0.25) is 19.4 Å². The monoisotopic (exact) mass is 492 g/mol. The third kappa shape index (κ3) is 7.46. The largest absolute Gasteiger partial charge is 0.480 e. The first-order valence-electron chi connectivity index (χ1n) is 10.2. The van der Waals surface area contributed by atoms with Crippen LogP contribution in [0.15, 0.2) is 35.9 Å². The Bertz CT molecular complexity index is 792. The summed E-state index contributed by atoms with van der Waals surface area (Å²) in [4.78, 5) is 28.0. The van der Waals surface area contributed by atoms with Gasteiger partial charge >= 0.3 is 5.97 Å². The van der Waals surface area contributed by atoms with E-state index < -0.39 is 12.0 Å². The highest BCUT2D eigenvalue weighted by atomic mass is 35.5. The fourth-order valence-corrected chi connectivity index (χ4v) is 4.18. The molecule has 2 unspecified atom stereocenters. The van der Waals surface area contributed by atoms with E-state index in [1.54, 1.807) is 18.2 Å². The van der Waals surface area contributed by atoms with Gasteiger partial charge in [0.2, 0.25) is 0 Å². The van der Waals surface area contributed by atoms with Crippen molar-refractivity contribution in [2.75, 3.05) is 32.7 Å². The van der Waals surface area contributed by atoms with Crippen molar-refractivity contribution in [1.82, 2.24) is 9.80 Å². The van der Waals surface area contributed by atoms with Crippen LogP contribution in [-0.2, 0) is 9.59 Å². The number of rotatable bonds is 9. The molecule has 0 bridgehead atoms. The molecule has 1 aliphatic carbocycles. The summed E-state index contributed by atoms with van der Waals surface area (Å²) in [5.74, 6) is -1.06. The summed E-state index contributed by atoms with van der Waals surface area (Å²) in [5, 5.41) is 9.09. The summed E-state index contributed by atoms with van der Waals surface area (Å²) in [6.07, 6.45) is 4.56. The van der Waals surface area contributed by atoms with Gasteiger partial charge < -0.3 is 5.11 Å². The molecule has 1 aromatic carbocycles. The fraction of sp³-hybridized carbons (Fsp3) is 0.545. The SMILES string of the molecule is CCN(C/C=C1\CN(C(C(=O)C2CC2)c2ccccc2F)CCC1S)CC(=O)O.Cl.Cl. The molecule has 0 aromatic heterocycles. The quantitative estimate of drug-likeness (QED) is 0.402. The van der Waals surface area contributed by atoms with E-state index in [-0.39, 0.29) is 54.1 Å². The number of carboxylic acids is 1. The third-order valence-corrected chi connectivity index (χ3v) is 6.33. The average molecular weight is 493 g/mol. The van der Waals surface area contributed by atoms with E-state index in [9.17, 15) is 14.0 Å². The Hall–Kier alpha value is -1.12. The number of likely N-dealkylation sites (N-methyl/N-ethyl adjacent to an activating group) is 1. The number of carbonyl (C=O) groups is 2. The Morgan fingerprint density at radius 3 is 2.55 bits per heavy atom. The molecular formula is C22H31Cl2FN2O3S. The lowest BCUT2D eigenvalue weighted by atomic mass is 9.93. The molecule has 9 heteroatoms. The van der Waals surface area contributed by atoms with Crippen molar-refractivity contribution in [1.29, 1.82) is 0 Å². The van der Waals surface area contributed by atoms with Gasteiger partial charge in [-0.15, -0.1) is 24.8 Å². The second kappa shape index (κ2) is 12.8. The molecule has 1 saturated carbocycles. The summed E-state index contributed by atoms with van der Waals surface area (Å²) in [7, 11) is 0. The molecule has 5 nitrogen and oxygen atoms in total. The van der Waals surface area contributed by atoms with Gasteiger partial charge in [-0.1, -0.05) is 31.2 Å². The number of piperidine rings is 1. The van der Waals surface area contributed by atoms with Crippen LogP contribution in [0, 0.1) is 11.7 Å². The molecular weight excluding hydrogens is 462 g/mol. The number of carbonyl (C=O) groups excluding carboxylic acids is 1. The van der Waals surface area contributed by atoms with E-state index >= 15 is 0 Å². The zero-order valence-electron chi connectivity index (χ0n) is 17.6. The molecule has 1 aliphatic heterocycles. The predicted octanol–water partition coefficient (Wildman–Crippen LogP) is 4.03. The number of aliphatic carboxylic acids is 1. The smallest absolute Gasteiger partial charge is 0.317 e. The highest BCUT2D eigenvalue weighted by molar-refractivity contribution is 7.81. The number of ketones is 1. The predicted molar refractivity (Wildman–Crippen MR) is 128 cm³/mol. The second-order valence-electron chi connectivity index (χ2n) is 7.88. The highest BCUT2D eigenvalue weighted by Gasteiger charge is 2.40. The van der Waals surface area contributed by atoms with Crippen molar-refractivity contribution in [3.05, 3.63) is 47.3 Å². The number of hydrogen-bond acceptors (Lipinski definition) is 5. The van der Waals surface area contributed by atoms with E-state index in [0.717, 1.165) is 24.8 Å². The average Bonchev–Trinajstić information content (AvgIpc) is 3.53. The van der Waals surface area contributed by atoms with Crippen molar-refractivity contribution in [3.8, 4) is 0 Å². The molecule has 1 saturated heterocycles. The number of hydrogen-bond donors (Lipinski definition) is 2. The normalized spacial score (nSPS) is 21.3. The minimum Gasteiger partial charge on any atom is -0.480 e. The van der Waals surface area contributed by atoms with Crippen molar-refractivity contribution < 1.29 is 19.1 Å². The Balaban J connectivity index is 0.00000240. The lowest BCUT2D eigenvalue weighted by molar-refractivity contribution is -0.138. The van der Waals surface area contributed by atoms with Crippen LogP contribution in [0.5, 0.6) is 0 Å². The minimum absolute atomic E-state index is 0. The van der Waals surface area contributed by atoms with Crippen LogP contribution in [0.25, 0.3) is 0 Å². The summed E-state index contributed by atoms with van der Waals surface area (Å²) < 4.78 is 14.6. The third-order valence-electron chi connectivity index (χ3n) is 5.74. The summed E-state index contributed by atoms with van der Waals surface area (Å²) in [5.41, 5.74) is 1.51. The summed E-state index contributed by atoms with van der Waals surface area (Å²) in [6, 6.07) is 5.97. The molecule has 31 heavy (non-hydrogen) atoms. The molecule has 2 fully saturated rings. The highest BCUT2D eigenvalue weighted by Crippen LogP contribution is 2.39. The van der Waals surface area contributed by atoms with Gasteiger partial charge in [0, 0.05) is 36.4 Å². The first-order valence-corrected chi connectivity index (χ1v) is 10.8. The number of likely N-dealkylation sites (tertiary alicyclic amines) is 1. The van der Waals surface area contributed by atoms with Crippen LogP contribution in [0.4, 0.5) is 4.39 Å². The van der Waals surface area contributed by atoms with E-state index in [1.807, 2.05) is 17.9 Å². The summed E-state index contributed by atoms with van der Waals surface area (Å²) in [6.45, 7) is 4.28. The zero-order valence-corrected chi connectivity index (χ0v) is 20.1. The lowest BCUT2D eigenvalue weighted by Gasteiger charge is -2.38. The van der Waals surface area contributed by atoms with Crippen LogP contribution in [0.2, 0.25) is 0 Å². The topological polar surface area (TPSA) is 60.9 Å². The molecule has 1 N–H and O–H groups in total. The van der Waals surface area contributed by atoms with E-state index in [4.69, 9.17) is 17.7 Å². The molecule has 1 aromatic rings. The van der Waals surface area contributed by atoms with Crippen LogP contribution in [-0.4, -0.2) is 64.6 Å². The van der Waals surface area contributed by atoms with Crippen molar-refractivity contribution >= 4 is 49.2 Å². The van der Waals surface area contributed by atoms with E-state index in [2.05, 4.69) is 4.90 Å². The second-order valence-corrected chi connectivity index (χ2v) is 8.50. The zero-order chi connectivity index (χ0) is 21.0. The molecule has 2 aliphatic rings. The molecule has 0 amide bonds. The van der Waals surface area contributed by atoms with Crippen molar-refractivity contribution in [2.45, 2.75) is 37.5 Å². The van der Waals surface area contributed by atoms with Gasteiger partial charge in [-0.2, -0.15) is 12.6 Å². The molecule has 2 atom stereocenters. The Kier molecular flexibility index (Phi) is 11.5. The number of nitrogens with zero attached hydrogens (tertiary/aromatic N) is 2. The van der Waals surface area contributed by atoms with E-state index in [0.29, 0.717) is 31.7 Å². The van der Waals surface area contributed by atoms with Crippen LogP contribution in [0.1, 0.15) is 37.8 Å². The standard InChI is InChI=1S/C22H29FN2O3S.2ClH/c1-2-24(14-20(26)27)11-9-16-13-25(12-10-19(16)29)21(22(28)15-7-8-15)17-5-3-4-6-18(17)23;;/h3-6,9,15,19,21,29H,2,7-8,10-14H2,1H3,(H,26,27);2*1H/b16-9+;;. The molecule has 3 rings (SSSR count). The maximum Gasteiger partial charge on any atom is 0.317 e. The maximum atomic E-state index is 14.6. The minimum atomic E-state index is -0.854. The van der Waals surface area contributed by atoms with Gasteiger partial charge in [0.05, 0.1) is 12.6 Å². The lowest BCUT2D eigenvalue weighted by Crippen LogP contribution is -2.43.